The Hall–Kier alpha value is -2.00. The summed E-state index contributed by atoms with van der Waals surface area (Å²) in [5.74, 6) is 1.44. The van der Waals surface area contributed by atoms with E-state index in [1.54, 1.807) is 14.2 Å². The Morgan fingerprint density at radius 3 is 1.95 bits per heavy atom. The summed E-state index contributed by atoms with van der Waals surface area (Å²) in [5.41, 5.74) is 12.2. The minimum absolute atomic E-state index is 0.176. The van der Waals surface area contributed by atoms with Crippen LogP contribution in [-0.2, 0) is 0 Å². The van der Waals surface area contributed by atoms with Gasteiger partial charge >= 0.3 is 0 Å². The van der Waals surface area contributed by atoms with Gasteiger partial charge in [0.05, 0.1) is 20.3 Å². The van der Waals surface area contributed by atoms with Crippen LogP contribution >= 0.6 is 0 Å². The van der Waals surface area contributed by atoms with Crippen molar-refractivity contribution in [3.63, 3.8) is 0 Å². The number of benzene rings is 2. The maximum Gasteiger partial charge on any atom is 0.161 e. The van der Waals surface area contributed by atoms with Crippen LogP contribution in [-0.4, -0.2) is 14.2 Å². The molecule has 0 saturated carbocycles. The van der Waals surface area contributed by atoms with Crippen molar-refractivity contribution >= 4 is 0 Å². The van der Waals surface area contributed by atoms with Crippen molar-refractivity contribution in [3.05, 3.63) is 58.1 Å². The van der Waals surface area contributed by atoms with Gasteiger partial charge in [-0.1, -0.05) is 23.8 Å². The highest BCUT2D eigenvalue weighted by atomic mass is 16.5. The third-order valence-electron chi connectivity index (χ3n) is 3.87. The molecule has 0 saturated heterocycles. The van der Waals surface area contributed by atoms with E-state index in [1.807, 2.05) is 19.1 Å². The van der Waals surface area contributed by atoms with Gasteiger partial charge in [0.15, 0.2) is 11.5 Å². The highest BCUT2D eigenvalue weighted by molar-refractivity contribution is 5.50. The first-order valence-electron chi connectivity index (χ1n) is 7.03. The summed E-state index contributed by atoms with van der Waals surface area (Å²) in [6, 6.07) is 10.1. The third kappa shape index (κ3) is 3.03. The highest BCUT2D eigenvalue weighted by Crippen LogP contribution is 2.34. The predicted molar refractivity (Wildman–Crippen MR) is 86.2 cm³/mol. The van der Waals surface area contributed by atoms with E-state index in [-0.39, 0.29) is 6.04 Å². The van der Waals surface area contributed by atoms with E-state index in [0.29, 0.717) is 5.75 Å². The summed E-state index contributed by atoms with van der Waals surface area (Å²) in [6.07, 6.45) is 0. The third-order valence-corrected chi connectivity index (χ3v) is 3.87. The van der Waals surface area contributed by atoms with Crippen molar-refractivity contribution in [2.24, 2.45) is 5.73 Å². The van der Waals surface area contributed by atoms with Crippen LogP contribution in [0.2, 0.25) is 0 Å². The first kappa shape index (κ1) is 15.4. The average Bonchev–Trinajstić information content (AvgIpc) is 2.46. The lowest BCUT2D eigenvalue weighted by Crippen LogP contribution is -2.15. The Labute approximate surface area is 126 Å². The summed E-state index contributed by atoms with van der Waals surface area (Å²) in [4.78, 5) is 0. The number of hydrogen-bond donors (Lipinski definition) is 1. The average molecular weight is 285 g/mol. The Morgan fingerprint density at radius 2 is 1.38 bits per heavy atom. The van der Waals surface area contributed by atoms with Gasteiger partial charge in [0.2, 0.25) is 0 Å². The highest BCUT2D eigenvalue weighted by Gasteiger charge is 2.17. The van der Waals surface area contributed by atoms with Crippen LogP contribution in [0.1, 0.15) is 33.9 Å². The molecule has 0 aliphatic heterocycles. The second-order valence-electron chi connectivity index (χ2n) is 5.40. The predicted octanol–water partition coefficient (Wildman–Crippen LogP) is 3.68. The monoisotopic (exact) mass is 285 g/mol. The zero-order valence-corrected chi connectivity index (χ0v) is 13.4. The molecule has 1 unspecified atom stereocenters. The minimum atomic E-state index is -0.176. The van der Waals surface area contributed by atoms with Crippen LogP contribution < -0.4 is 15.2 Å². The molecule has 3 heteroatoms. The van der Waals surface area contributed by atoms with Gasteiger partial charge in [-0.15, -0.1) is 0 Å². The summed E-state index contributed by atoms with van der Waals surface area (Å²) < 4.78 is 10.7. The molecule has 0 aliphatic carbocycles. The van der Waals surface area contributed by atoms with Crippen LogP contribution in [0.4, 0.5) is 0 Å². The Bertz CT molecular complexity index is 650. The molecular formula is C18H23NO2. The number of ether oxygens (including phenoxy) is 2. The molecule has 0 spiro atoms. The number of hydrogen-bond acceptors (Lipinski definition) is 3. The lowest BCUT2D eigenvalue weighted by atomic mass is 9.91. The van der Waals surface area contributed by atoms with E-state index >= 15 is 0 Å². The van der Waals surface area contributed by atoms with Crippen LogP contribution in [0.25, 0.3) is 0 Å². The summed E-state index contributed by atoms with van der Waals surface area (Å²) in [5, 5.41) is 0. The quantitative estimate of drug-likeness (QED) is 0.932. The van der Waals surface area contributed by atoms with E-state index in [1.165, 1.54) is 11.1 Å². The van der Waals surface area contributed by atoms with Crippen molar-refractivity contribution in [3.8, 4) is 11.5 Å². The zero-order valence-electron chi connectivity index (χ0n) is 13.4. The molecule has 2 rings (SSSR count). The first-order valence-corrected chi connectivity index (χ1v) is 7.03. The lowest BCUT2D eigenvalue weighted by molar-refractivity contribution is 0.354. The molecule has 21 heavy (non-hydrogen) atoms. The van der Waals surface area contributed by atoms with Gasteiger partial charge in [0.1, 0.15) is 0 Å². The van der Waals surface area contributed by atoms with Gasteiger partial charge in [-0.2, -0.15) is 0 Å². The van der Waals surface area contributed by atoms with Crippen LogP contribution in [0.3, 0.4) is 0 Å². The van der Waals surface area contributed by atoms with Crippen molar-refractivity contribution in [2.75, 3.05) is 14.2 Å². The second kappa shape index (κ2) is 6.19. The van der Waals surface area contributed by atoms with Crippen LogP contribution in [0.15, 0.2) is 30.3 Å². The van der Waals surface area contributed by atoms with E-state index in [0.717, 1.165) is 22.4 Å². The molecule has 112 valence electrons. The van der Waals surface area contributed by atoms with Crippen LogP contribution in [0, 0.1) is 20.8 Å². The topological polar surface area (TPSA) is 44.5 Å². The molecule has 0 aliphatic rings. The fourth-order valence-corrected chi connectivity index (χ4v) is 2.67. The van der Waals surface area contributed by atoms with Crippen molar-refractivity contribution in [1.29, 1.82) is 0 Å². The van der Waals surface area contributed by atoms with Crippen molar-refractivity contribution in [1.82, 2.24) is 0 Å². The summed E-state index contributed by atoms with van der Waals surface area (Å²) in [7, 11) is 3.28. The normalized spacial score (nSPS) is 12.1. The second-order valence-corrected chi connectivity index (χ2v) is 5.40. The maximum atomic E-state index is 6.49. The summed E-state index contributed by atoms with van der Waals surface area (Å²) >= 11 is 0. The smallest absolute Gasteiger partial charge is 0.161 e. The number of rotatable bonds is 4. The molecule has 0 bridgehead atoms. The molecule has 0 fully saturated rings. The minimum Gasteiger partial charge on any atom is -0.493 e. The fraction of sp³-hybridized carbons (Fsp3) is 0.333. The Morgan fingerprint density at radius 1 is 0.810 bits per heavy atom. The molecule has 0 aromatic heterocycles. The van der Waals surface area contributed by atoms with E-state index in [2.05, 4.69) is 32.0 Å². The van der Waals surface area contributed by atoms with Gasteiger partial charge in [0.25, 0.3) is 0 Å². The van der Waals surface area contributed by atoms with Crippen molar-refractivity contribution in [2.45, 2.75) is 26.8 Å². The van der Waals surface area contributed by atoms with Gasteiger partial charge in [-0.25, -0.2) is 0 Å². The zero-order chi connectivity index (χ0) is 15.6. The fourth-order valence-electron chi connectivity index (χ4n) is 2.67. The molecule has 0 heterocycles. The SMILES string of the molecule is COc1cc(C)c(C(N)c2ccc(C)cc2C)cc1OC. The van der Waals surface area contributed by atoms with Crippen LogP contribution in [0.5, 0.6) is 11.5 Å². The molecular weight excluding hydrogens is 262 g/mol. The molecule has 1 atom stereocenters. The number of nitrogens with two attached hydrogens (primary N) is 1. The number of methoxy groups -OCH3 is 2. The van der Waals surface area contributed by atoms with Gasteiger partial charge in [-0.05, 0) is 55.2 Å². The van der Waals surface area contributed by atoms with E-state index < -0.39 is 0 Å². The largest absolute Gasteiger partial charge is 0.493 e. The van der Waals surface area contributed by atoms with Crippen molar-refractivity contribution < 1.29 is 9.47 Å². The molecule has 2 aromatic rings. The van der Waals surface area contributed by atoms with E-state index in [4.69, 9.17) is 15.2 Å². The standard InChI is InChI=1S/C18H23NO2/c1-11-6-7-14(12(2)8-11)18(19)15-10-17(21-5)16(20-4)9-13(15)3/h6-10,18H,19H2,1-5H3. The maximum absolute atomic E-state index is 6.49. The number of aryl methyl sites for hydroxylation is 3. The van der Waals surface area contributed by atoms with Gasteiger partial charge < -0.3 is 15.2 Å². The molecule has 2 aromatic carbocycles. The van der Waals surface area contributed by atoms with E-state index in [9.17, 15) is 0 Å². The molecule has 2 N–H and O–H groups in total. The summed E-state index contributed by atoms with van der Waals surface area (Å²) in [6.45, 7) is 6.23. The molecule has 0 amide bonds. The Kier molecular flexibility index (Phi) is 4.53. The lowest BCUT2D eigenvalue weighted by Gasteiger charge is -2.20. The van der Waals surface area contributed by atoms with Gasteiger partial charge in [-0.3, -0.25) is 0 Å². The first-order chi connectivity index (χ1) is 9.97. The Balaban J connectivity index is 2.50. The molecule has 3 nitrogen and oxygen atoms in total. The van der Waals surface area contributed by atoms with Gasteiger partial charge in [0, 0.05) is 0 Å². The molecule has 0 radical (unpaired) electrons.